The van der Waals surface area contributed by atoms with E-state index in [0.29, 0.717) is 0 Å². The Bertz CT molecular complexity index is 424. The highest BCUT2D eigenvalue weighted by Crippen LogP contribution is 2.50. The van der Waals surface area contributed by atoms with Gasteiger partial charge in [-0.3, -0.25) is 4.79 Å². The Morgan fingerprint density at radius 3 is 2.65 bits per heavy atom. The van der Waals surface area contributed by atoms with Crippen molar-refractivity contribution in [3.8, 4) is 0 Å². The van der Waals surface area contributed by atoms with Crippen molar-refractivity contribution in [1.29, 1.82) is 0 Å². The quantitative estimate of drug-likeness (QED) is 0.815. The van der Waals surface area contributed by atoms with Gasteiger partial charge in [-0.1, -0.05) is 36.2 Å². The van der Waals surface area contributed by atoms with Crippen LogP contribution in [0.5, 0.6) is 0 Å². The molecule has 1 atom stereocenters. The molecule has 0 heterocycles. The van der Waals surface area contributed by atoms with Gasteiger partial charge in [0.15, 0.2) is 0 Å². The number of benzene rings is 1. The van der Waals surface area contributed by atoms with Gasteiger partial charge in [-0.25, -0.2) is 0 Å². The number of hydrogen-bond donors (Lipinski definition) is 1. The number of esters is 1. The molecule has 0 radical (unpaired) electrons. The Balaban J connectivity index is 2.29. The summed E-state index contributed by atoms with van der Waals surface area (Å²) in [5.41, 5.74) is 7.97. The fourth-order valence-corrected chi connectivity index (χ4v) is 2.59. The minimum Gasteiger partial charge on any atom is -0.469 e. The standard InChI is InChI=1S/C14H19NO2/c1-10-5-3-6-11(9-10)12(15)14(7-4-8-14)13(16)17-2/h3,5-6,9,12H,4,7-8,15H2,1-2H3. The van der Waals surface area contributed by atoms with Crippen LogP contribution in [0.25, 0.3) is 0 Å². The summed E-state index contributed by atoms with van der Waals surface area (Å²) in [6.45, 7) is 2.03. The summed E-state index contributed by atoms with van der Waals surface area (Å²) in [7, 11) is 1.44. The first-order valence-corrected chi connectivity index (χ1v) is 6.01. The Morgan fingerprint density at radius 1 is 1.47 bits per heavy atom. The summed E-state index contributed by atoms with van der Waals surface area (Å²) >= 11 is 0. The van der Waals surface area contributed by atoms with E-state index in [1.54, 1.807) is 0 Å². The minimum absolute atomic E-state index is 0.169. The first-order chi connectivity index (χ1) is 8.10. The molecular weight excluding hydrogens is 214 g/mol. The summed E-state index contributed by atoms with van der Waals surface area (Å²) in [4.78, 5) is 11.9. The molecule has 0 aromatic heterocycles. The lowest BCUT2D eigenvalue weighted by Crippen LogP contribution is -2.47. The molecule has 92 valence electrons. The average molecular weight is 233 g/mol. The van der Waals surface area contributed by atoms with Crippen molar-refractivity contribution in [2.75, 3.05) is 7.11 Å². The molecule has 0 aliphatic heterocycles. The molecule has 0 amide bonds. The van der Waals surface area contributed by atoms with E-state index >= 15 is 0 Å². The number of nitrogens with two attached hydrogens (primary N) is 1. The maximum atomic E-state index is 11.9. The molecule has 3 nitrogen and oxygen atoms in total. The van der Waals surface area contributed by atoms with Gasteiger partial charge in [-0.2, -0.15) is 0 Å². The maximum Gasteiger partial charge on any atom is 0.313 e. The van der Waals surface area contributed by atoms with Gasteiger partial charge >= 0.3 is 5.97 Å². The number of aryl methyl sites for hydroxylation is 1. The molecule has 0 saturated heterocycles. The van der Waals surface area contributed by atoms with Crippen molar-refractivity contribution < 1.29 is 9.53 Å². The van der Waals surface area contributed by atoms with E-state index in [9.17, 15) is 4.79 Å². The third-order valence-corrected chi connectivity index (χ3v) is 3.83. The van der Waals surface area contributed by atoms with Gasteiger partial charge in [0.2, 0.25) is 0 Å². The van der Waals surface area contributed by atoms with Crippen molar-refractivity contribution in [1.82, 2.24) is 0 Å². The highest BCUT2D eigenvalue weighted by molar-refractivity contribution is 5.79. The second-order valence-electron chi connectivity index (χ2n) is 4.89. The highest BCUT2D eigenvalue weighted by atomic mass is 16.5. The number of methoxy groups -OCH3 is 1. The first kappa shape index (κ1) is 12.1. The third kappa shape index (κ3) is 1.95. The normalized spacial score (nSPS) is 19.2. The summed E-state index contributed by atoms with van der Waals surface area (Å²) in [5.74, 6) is -0.169. The van der Waals surface area contributed by atoms with Gasteiger partial charge in [0.05, 0.1) is 12.5 Å². The molecule has 0 spiro atoms. The van der Waals surface area contributed by atoms with Crippen molar-refractivity contribution >= 4 is 5.97 Å². The van der Waals surface area contributed by atoms with E-state index in [2.05, 4.69) is 0 Å². The molecule has 1 aliphatic carbocycles. The zero-order valence-electron chi connectivity index (χ0n) is 10.4. The Morgan fingerprint density at radius 2 is 2.18 bits per heavy atom. The largest absolute Gasteiger partial charge is 0.469 e. The van der Waals surface area contributed by atoms with Crippen LogP contribution >= 0.6 is 0 Å². The lowest BCUT2D eigenvalue weighted by Gasteiger charge is -2.43. The molecule has 1 aliphatic rings. The molecule has 1 fully saturated rings. The van der Waals surface area contributed by atoms with Crippen LogP contribution in [-0.2, 0) is 9.53 Å². The van der Waals surface area contributed by atoms with Crippen LogP contribution in [-0.4, -0.2) is 13.1 Å². The third-order valence-electron chi connectivity index (χ3n) is 3.83. The van der Waals surface area contributed by atoms with Crippen LogP contribution in [0.1, 0.15) is 36.4 Å². The predicted molar refractivity (Wildman–Crippen MR) is 66.4 cm³/mol. The molecule has 3 heteroatoms. The molecule has 2 rings (SSSR count). The van der Waals surface area contributed by atoms with Crippen molar-refractivity contribution in [2.45, 2.75) is 32.2 Å². The SMILES string of the molecule is COC(=O)C1(C(N)c2cccc(C)c2)CCC1. The maximum absolute atomic E-state index is 11.9. The molecular formula is C14H19NO2. The van der Waals surface area contributed by atoms with Gasteiger partial charge in [0.1, 0.15) is 0 Å². The molecule has 2 N–H and O–H groups in total. The summed E-state index contributed by atoms with van der Waals surface area (Å²) < 4.78 is 4.91. The monoisotopic (exact) mass is 233 g/mol. The van der Waals surface area contributed by atoms with E-state index in [0.717, 1.165) is 30.4 Å². The van der Waals surface area contributed by atoms with E-state index in [1.807, 2.05) is 31.2 Å². The van der Waals surface area contributed by atoms with Crippen LogP contribution < -0.4 is 5.73 Å². The van der Waals surface area contributed by atoms with Gasteiger partial charge < -0.3 is 10.5 Å². The van der Waals surface area contributed by atoms with Crippen LogP contribution in [0.3, 0.4) is 0 Å². The number of carbonyl (C=O) groups is 1. The van der Waals surface area contributed by atoms with Crippen LogP contribution in [0.4, 0.5) is 0 Å². The fourth-order valence-electron chi connectivity index (χ4n) is 2.59. The van der Waals surface area contributed by atoms with Crippen molar-refractivity contribution in [2.24, 2.45) is 11.1 Å². The minimum atomic E-state index is -0.497. The summed E-state index contributed by atoms with van der Waals surface area (Å²) in [6.07, 6.45) is 2.71. The zero-order valence-corrected chi connectivity index (χ0v) is 10.4. The van der Waals surface area contributed by atoms with E-state index in [-0.39, 0.29) is 12.0 Å². The van der Waals surface area contributed by atoms with Gasteiger partial charge in [-0.05, 0) is 25.3 Å². The molecule has 1 aromatic carbocycles. The molecule has 17 heavy (non-hydrogen) atoms. The lowest BCUT2D eigenvalue weighted by molar-refractivity contribution is -0.160. The van der Waals surface area contributed by atoms with E-state index in [4.69, 9.17) is 10.5 Å². The molecule has 1 aromatic rings. The predicted octanol–water partition coefficient (Wildman–Crippen LogP) is 2.34. The Kier molecular flexibility index (Phi) is 3.20. The van der Waals surface area contributed by atoms with Crippen LogP contribution in [0.2, 0.25) is 0 Å². The van der Waals surface area contributed by atoms with Gasteiger partial charge in [0.25, 0.3) is 0 Å². The molecule has 1 saturated carbocycles. The number of hydrogen-bond acceptors (Lipinski definition) is 3. The average Bonchev–Trinajstić information content (AvgIpc) is 2.27. The fraction of sp³-hybridized carbons (Fsp3) is 0.500. The summed E-state index contributed by atoms with van der Waals surface area (Å²) in [6, 6.07) is 7.79. The highest BCUT2D eigenvalue weighted by Gasteiger charge is 2.50. The van der Waals surface area contributed by atoms with E-state index < -0.39 is 5.41 Å². The second kappa shape index (κ2) is 4.49. The molecule has 0 bridgehead atoms. The number of rotatable bonds is 3. The zero-order chi connectivity index (χ0) is 12.5. The molecule has 1 unspecified atom stereocenters. The smallest absolute Gasteiger partial charge is 0.313 e. The van der Waals surface area contributed by atoms with Gasteiger partial charge in [0, 0.05) is 6.04 Å². The second-order valence-corrected chi connectivity index (χ2v) is 4.89. The topological polar surface area (TPSA) is 52.3 Å². The number of carbonyl (C=O) groups excluding carboxylic acids is 1. The van der Waals surface area contributed by atoms with Gasteiger partial charge in [-0.15, -0.1) is 0 Å². The Hall–Kier alpha value is -1.35. The lowest BCUT2D eigenvalue weighted by atomic mass is 9.62. The van der Waals surface area contributed by atoms with E-state index in [1.165, 1.54) is 7.11 Å². The van der Waals surface area contributed by atoms with Crippen molar-refractivity contribution in [3.63, 3.8) is 0 Å². The van der Waals surface area contributed by atoms with Crippen LogP contribution in [0.15, 0.2) is 24.3 Å². The Labute approximate surface area is 102 Å². The van der Waals surface area contributed by atoms with Crippen LogP contribution in [0, 0.1) is 12.3 Å². The first-order valence-electron chi connectivity index (χ1n) is 6.01. The van der Waals surface area contributed by atoms with Crippen molar-refractivity contribution in [3.05, 3.63) is 35.4 Å². The number of ether oxygens (including phenoxy) is 1. The summed E-state index contributed by atoms with van der Waals surface area (Å²) in [5, 5.41) is 0.